The minimum Gasteiger partial charge on any atom is -0.331 e. The van der Waals surface area contributed by atoms with Gasteiger partial charge in [0.2, 0.25) is 0 Å². The molecule has 6 heteroatoms. The number of rotatable bonds is 4. The van der Waals surface area contributed by atoms with Gasteiger partial charge in [-0.3, -0.25) is 10.0 Å². The maximum atomic E-state index is 12.1. The molecule has 0 saturated carbocycles. The van der Waals surface area contributed by atoms with Gasteiger partial charge < -0.3 is 10.6 Å². The molecule has 24 heavy (non-hydrogen) atoms. The summed E-state index contributed by atoms with van der Waals surface area (Å²) in [6.45, 7) is 5.79. The van der Waals surface area contributed by atoms with E-state index >= 15 is 0 Å². The molecule has 2 aromatic carbocycles. The predicted octanol–water partition coefficient (Wildman–Crippen LogP) is 3.31. The number of benzene rings is 2. The van der Waals surface area contributed by atoms with Gasteiger partial charge in [-0.2, -0.15) is 0 Å². The van der Waals surface area contributed by atoms with E-state index in [1.807, 2.05) is 39.0 Å². The van der Waals surface area contributed by atoms with Gasteiger partial charge in [0.1, 0.15) is 0 Å². The van der Waals surface area contributed by atoms with E-state index in [2.05, 4.69) is 10.6 Å². The Labute approximate surface area is 140 Å². The van der Waals surface area contributed by atoms with E-state index in [1.54, 1.807) is 29.7 Å². The van der Waals surface area contributed by atoms with Crippen LogP contribution < -0.4 is 16.1 Å². The van der Waals surface area contributed by atoms with Gasteiger partial charge in [0.15, 0.2) is 0 Å². The Morgan fingerprint density at radius 1 is 1.04 bits per heavy atom. The number of hydrogen-bond acceptors (Lipinski definition) is 3. The Bertz CT molecular complexity index is 742. The van der Waals surface area contributed by atoms with Gasteiger partial charge in [-0.1, -0.05) is 29.8 Å². The molecule has 0 fully saturated rings. The van der Waals surface area contributed by atoms with Crippen molar-refractivity contribution in [2.45, 2.75) is 26.8 Å². The highest BCUT2D eigenvalue weighted by atomic mass is 16.5. The molecule has 0 heterocycles. The molecule has 0 aromatic heterocycles. The fourth-order valence-corrected chi connectivity index (χ4v) is 2.38. The van der Waals surface area contributed by atoms with Crippen LogP contribution in [0.1, 0.15) is 40.0 Å². The van der Waals surface area contributed by atoms with Crippen molar-refractivity contribution < 1.29 is 14.8 Å². The summed E-state index contributed by atoms with van der Waals surface area (Å²) >= 11 is 0. The van der Waals surface area contributed by atoms with Gasteiger partial charge in [0, 0.05) is 11.3 Å². The minimum absolute atomic E-state index is 0.234. The van der Waals surface area contributed by atoms with E-state index in [4.69, 9.17) is 5.21 Å². The molecule has 0 saturated heterocycles. The number of amides is 3. The van der Waals surface area contributed by atoms with Gasteiger partial charge in [0.05, 0.1) is 6.04 Å². The molecule has 0 aliphatic carbocycles. The zero-order valence-electron chi connectivity index (χ0n) is 13.9. The molecule has 0 aliphatic rings. The second-order valence-electron chi connectivity index (χ2n) is 5.70. The number of carbonyl (C=O) groups is 2. The Morgan fingerprint density at radius 3 is 2.29 bits per heavy atom. The first kappa shape index (κ1) is 17.5. The number of urea groups is 1. The van der Waals surface area contributed by atoms with Crippen LogP contribution >= 0.6 is 0 Å². The molecule has 2 aromatic rings. The molecule has 4 N–H and O–H groups in total. The second kappa shape index (κ2) is 7.61. The van der Waals surface area contributed by atoms with E-state index in [0.29, 0.717) is 5.56 Å². The zero-order chi connectivity index (χ0) is 17.7. The SMILES string of the molecule is Cc1ccc(NC(=O)NC(C)c2ccc(C(=O)NO)cc2)c(C)c1. The van der Waals surface area contributed by atoms with Crippen molar-refractivity contribution in [3.05, 3.63) is 64.7 Å². The standard InChI is InChI=1S/C18H21N3O3/c1-11-4-9-16(12(2)10-11)20-18(23)19-13(3)14-5-7-15(8-6-14)17(22)21-24/h4-10,13,24H,1-3H3,(H,21,22)(H2,19,20,23). The van der Waals surface area contributed by atoms with E-state index in [9.17, 15) is 9.59 Å². The quantitative estimate of drug-likeness (QED) is 0.513. The third-order valence-electron chi connectivity index (χ3n) is 3.75. The van der Waals surface area contributed by atoms with Crippen LogP contribution in [0.2, 0.25) is 0 Å². The summed E-state index contributed by atoms with van der Waals surface area (Å²) in [5.74, 6) is -0.574. The van der Waals surface area contributed by atoms with Crippen molar-refractivity contribution in [2.24, 2.45) is 0 Å². The Balaban J connectivity index is 1.99. The van der Waals surface area contributed by atoms with E-state index in [-0.39, 0.29) is 12.1 Å². The average Bonchev–Trinajstić information content (AvgIpc) is 2.56. The van der Waals surface area contributed by atoms with Crippen molar-refractivity contribution in [1.82, 2.24) is 10.8 Å². The summed E-state index contributed by atoms with van der Waals surface area (Å²) < 4.78 is 0. The van der Waals surface area contributed by atoms with Gasteiger partial charge in [-0.25, -0.2) is 10.3 Å². The topological polar surface area (TPSA) is 90.5 Å². The van der Waals surface area contributed by atoms with Crippen LogP contribution in [-0.4, -0.2) is 17.1 Å². The highest BCUT2D eigenvalue weighted by Crippen LogP contribution is 2.17. The lowest BCUT2D eigenvalue weighted by molar-refractivity contribution is 0.0706. The number of anilines is 1. The molecule has 0 bridgehead atoms. The molecular formula is C18H21N3O3. The Morgan fingerprint density at radius 2 is 1.71 bits per heavy atom. The van der Waals surface area contributed by atoms with Crippen LogP contribution in [0.5, 0.6) is 0 Å². The smallest absolute Gasteiger partial charge is 0.319 e. The summed E-state index contributed by atoms with van der Waals surface area (Å²) in [7, 11) is 0. The van der Waals surface area contributed by atoms with Crippen LogP contribution in [0.3, 0.4) is 0 Å². The fourth-order valence-electron chi connectivity index (χ4n) is 2.38. The lowest BCUT2D eigenvalue weighted by Gasteiger charge is -2.16. The highest BCUT2D eigenvalue weighted by Gasteiger charge is 2.11. The summed E-state index contributed by atoms with van der Waals surface area (Å²) in [5, 5.41) is 14.3. The summed E-state index contributed by atoms with van der Waals surface area (Å²) in [5.41, 5.74) is 5.67. The van der Waals surface area contributed by atoms with Crippen molar-refractivity contribution in [3.63, 3.8) is 0 Å². The van der Waals surface area contributed by atoms with E-state index in [1.165, 1.54) is 0 Å². The molecule has 2 rings (SSSR count). The molecule has 1 atom stereocenters. The first-order chi connectivity index (χ1) is 11.4. The summed E-state index contributed by atoms with van der Waals surface area (Å²) in [6.07, 6.45) is 0. The molecule has 0 spiro atoms. The van der Waals surface area contributed by atoms with Crippen molar-refractivity contribution >= 4 is 17.6 Å². The predicted molar refractivity (Wildman–Crippen MR) is 92.2 cm³/mol. The van der Waals surface area contributed by atoms with E-state index in [0.717, 1.165) is 22.4 Å². The molecule has 6 nitrogen and oxygen atoms in total. The third-order valence-corrected chi connectivity index (χ3v) is 3.75. The van der Waals surface area contributed by atoms with Crippen molar-refractivity contribution in [2.75, 3.05) is 5.32 Å². The van der Waals surface area contributed by atoms with Crippen LogP contribution in [0.15, 0.2) is 42.5 Å². The first-order valence-corrected chi connectivity index (χ1v) is 7.60. The normalized spacial score (nSPS) is 11.5. The van der Waals surface area contributed by atoms with Crippen LogP contribution in [0, 0.1) is 13.8 Å². The minimum atomic E-state index is -0.574. The molecule has 126 valence electrons. The lowest BCUT2D eigenvalue weighted by Crippen LogP contribution is -2.31. The molecule has 0 radical (unpaired) electrons. The first-order valence-electron chi connectivity index (χ1n) is 7.60. The van der Waals surface area contributed by atoms with Crippen LogP contribution in [0.25, 0.3) is 0 Å². The monoisotopic (exact) mass is 327 g/mol. The number of carbonyl (C=O) groups excluding carboxylic acids is 2. The largest absolute Gasteiger partial charge is 0.331 e. The van der Waals surface area contributed by atoms with E-state index < -0.39 is 5.91 Å². The Kier molecular flexibility index (Phi) is 5.55. The molecule has 0 aliphatic heterocycles. The van der Waals surface area contributed by atoms with Crippen LogP contribution in [0.4, 0.5) is 10.5 Å². The third kappa shape index (κ3) is 4.33. The van der Waals surface area contributed by atoms with Crippen molar-refractivity contribution in [3.8, 4) is 0 Å². The number of hydrogen-bond donors (Lipinski definition) is 4. The number of aryl methyl sites for hydroxylation is 2. The van der Waals surface area contributed by atoms with Gasteiger partial charge >= 0.3 is 6.03 Å². The molecule has 3 amide bonds. The maximum absolute atomic E-state index is 12.1. The highest BCUT2D eigenvalue weighted by molar-refractivity contribution is 5.93. The summed E-state index contributed by atoms with van der Waals surface area (Å²) in [6, 6.07) is 11.9. The molecular weight excluding hydrogens is 306 g/mol. The maximum Gasteiger partial charge on any atom is 0.319 e. The fraction of sp³-hybridized carbons (Fsp3) is 0.222. The molecule has 1 unspecified atom stereocenters. The van der Waals surface area contributed by atoms with Gasteiger partial charge in [-0.05, 0) is 50.1 Å². The van der Waals surface area contributed by atoms with Gasteiger partial charge in [0.25, 0.3) is 5.91 Å². The lowest BCUT2D eigenvalue weighted by atomic mass is 10.1. The van der Waals surface area contributed by atoms with Crippen LogP contribution in [-0.2, 0) is 0 Å². The average molecular weight is 327 g/mol. The Hall–Kier alpha value is -2.86. The second-order valence-corrected chi connectivity index (χ2v) is 5.70. The number of hydroxylamine groups is 1. The number of nitrogens with one attached hydrogen (secondary N) is 3. The summed E-state index contributed by atoms with van der Waals surface area (Å²) in [4.78, 5) is 23.4. The van der Waals surface area contributed by atoms with Gasteiger partial charge in [-0.15, -0.1) is 0 Å². The zero-order valence-corrected chi connectivity index (χ0v) is 13.9. The van der Waals surface area contributed by atoms with Crippen molar-refractivity contribution in [1.29, 1.82) is 0 Å².